The van der Waals surface area contributed by atoms with Crippen LogP contribution in [-0.4, -0.2) is 55.0 Å². The average Bonchev–Trinajstić information content (AvgIpc) is 2.74. The molecule has 0 aliphatic carbocycles. The van der Waals surface area contributed by atoms with Crippen molar-refractivity contribution in [3.8, 4) is 11.8 Å². The quantitative estimate of drug-likeness (QED) is 0.907. The summed E-state index contributed by atoms with van der Waals surface area (Å²) in [4.78, 5) is 28.4. The van der Waals surface area contributed by atoms with E-state index in [1.807, 2.05) is 6.07 Å². The zero-order valence-electron chi connectivity index (χ0n) is 15.0. The number of rotatable bonds is 3. The molecule has 1 fully saturated rings. The molecule has 27 heavy (non-hydrogen) atoms. The molecule has 3 rings (SSSR count). The second-order valence-electron chi connectivity index (χ2n) is 6.13. The van der Waals surface area contributed by atoms with Gasteiger partial charge in [-0.1, -0.05) is 6.07 Å². The lowest BCUT2D eigenvalue weighted by molar-refractivity contribution is 0.0671. The molecule has 0 spiro atoms. The predicted octanol–water partition coefficient (Wildman–Crippen LogP) is 2.56. The second-order valence-corrected chi connectivity index (χ2v) is 6.13. The van der Waals surface area contributed by atoms with Crippen LogP contribution in [0, 0.1) is 11.3 Å². The number of hydrogen-bond donors (Lipinski definition) is 1. The van der Waals surface area contributed by atoms with Gasteiger partial charge in [-0.2, -0.15) is 5.26 Å². The number of nitrogens with zero attached hydrogens (tertiary/aromatic N) is 3. The summed E-state index contributed by atoms with van der Waals surface area (Å²) in [6.45, 7) is 1.85. The summed E-state index contributed by atoms with van der Waals surface area (Å²) in [5.74, 6) is 0.572. The highest BCUT2D eigenvalue weighted by atomic mass is 16.5. The summed E-state index contributed by atoms with van der Waals surface area (Å²) in [6, 6.07) is 15.6. The van der Waals surface area contributed by atoms with Crippen molar-refractivity contribution in [3.05, 3.63) is 59.7 Å². The number of urea groups is 1. The van der Waals surface area contributed by atoms with Gasteiger partial charge in [0.1, 0.15) is 5.75 Å². The van der Waals surface area contributed by atoms with Crippen LogP contribution < -0.4 is 10.1 Å². The number of hydrogen-bond acceptors (Lipinski definition) is 4. The van der Waals surface area contributed by atoms with Crippen molar-refractivity contribution in [2.24, 2.45) is 0 Å². The number of amides is 3. The van der Waals surface area contributed by atoms with Gasteiger partial charge in [-0.25, -0.2) is 4.79 Å². The lowest BCUT2D eigenvalue weighted by Crippen LogP contribution is -2.51. The molecule has 2 aromatic carbocycles. The zero-order valence-corrected chi connectivity index (χ0v) is 15.0. The number of carbonyl (C=O) groups excluding carboxylic acids is 2. The topological polar surface area (TPSA) is 85.7 Å². The first-order valence-electron chi connectivity index (χ1n) is 8.60. The molecule has 1 N–H and O–H groups in total. The van der Waals surface area contributed by atoms with Crippen LogP contribution in [0.15, 0.2) is 48.5 Å². The fourth-order valence-corrected chi connectivity index (χ4v) is 2.88. The van der Waals surface area contributed by atoms with E-state index in [4.69, 9.17) is 10.00 Å². The second kappa shape index (κ2) is 8.23. The molecule has 1 saturated heterocycles. The average molecular weight is 364 g/mol. The number of ether oxygens (including phenoxy) is 1. The Morgan fingerprint density at radius 3 is 2.33 bits per heavy atom. The maximum absolute atomic E-state index is 12.6. The third-order valence-corrected chi connectivity index (χ3v) is 4.44. The molecule has 3 amide bonds. The molecule has 0 saturated carbocycles. The first-order chi connectivity index (χ1) is 13.1. The smallest absolute Gasteiger partial charge is 0.321 e. The summed E-state index contributed by atoms with van der Waals surface area (Å²) in [6.07, 6.45) is 0. The van der Waals surface area contributed by atoms with Crippen LogP contribution in [0.5, 0.6) is 5.75 Å². The standard InChI is InChI=1S/C20H20N4O3/c1-27-18-4-2-3-16(13-18)19(25)23-9-11-24(12-10-23)20(26)22-17-7-5-15(14-21)6-8-17/h2-8,13H,9-12H2,1H3,(H,22,26). The van der Waals surface area contributed by atoms with Crippen molar-refractivity contribution < 1.29 is 14.3 Å². The molecule has 1 aliphatic rings. The molecule has 0 unspecified atom stereocenters. The molecule has 0 bridgehead atoms. The number of anilines is 1. The Bertz CT molecular complexity index is 866. The molecule has 0 atom stereocenters. The monoisotopic (exact) mass is 364 g/mol. The van der Waals surface area contributed by atoms with E-state index in [0.717, 1.165) is 0 Å². The molecule has 138 valence electrons. The van der Waals surface area contributed by atoms with Crippen LogP contribution in [0.25, 0.3) is 0 Å². The van der Waals surface area contributed by atoms with Crippen molar-refractivity contribution in [1.29, 1.82) is 5.26 Å². The Hall–Kier alpha value is -3.53. The summed E-state index contributed by atoms with van der Waals surface area (Å²) < 4.78 is 5.16. The highest BCUT2D eigenvalue weighted by molar-refractivity contribution is 5.95. The SMILES string of the molecule is COc1cccc(C(=O)N2CCN(C(=O)Nc3ccc(C#N)cc3)CC2)c1. The van der Waals surface area contributed by atoms with E-state index in [2.05, 4.69) is 5.32 Å². The predicted molar refractivity (Wildman–Crippen MR) is 101 cm³/mol. The Labute approximate surface area is 157 Å². The number of benzene rings is 2. The molecular formula is C20H20N4O3. The minimum atomic E-state index is -0.215. The molecule has 2 aromatic rings. The van der Waals surface area contributed by atoms with Crippen molar-refractivity contribution in [2.75, 3.05) is 38.6 Å². The van der Waals surface area contributed by atoms with Gasteiger partial charge >= 0.3 is 6.03 Å². The zero-order chi connectivity index (χ0) is 19.2. The van der Waals surface area contributed by atoms with Crippen LogP contribution in [0.2, 0.25) is 0 Å². The summed E-state index contributed by atoms with van der Waals surface area (Å²) >= 11 is 0. The minimum absolute atomic E-state index is 0.0685. The van der Waals surface area contributed by atoms with Gasteiger partial charge in [0.2, 0.25) is 0 Å². The Kier molecular flexibility index (Phi) is 5.57. The van der Waals surface area contributed by atoms with Gasteiger partial charge in [0.15, 0.2) is 0 Å². The fourth-order valence-electron chi connectivity index (χ4n) is 2.88. The molecule has 7 heteroatoms. The van der Waals surface area contributed by atoms with E-state index in [0.29, 0.717) is 48.7 Å². The normalized spacial score (nSPS) is 13.6. The number of methoxy groups -OCH3 is 1. The molecular weight excluding hydrogens is 344 g/mol. The number of carbonyl (C=O) groups is 2. The lowest BCUT2D eigenvalue weighted by atomic mass is 10.1. The largest absolute Gasteiger partial charge is 0.497 e. The minimum Gasteiger partial charge on any atom is -0.497 e. The molecule has 7 nitrogen and oxygen atoms in total. The fraction of sp³-hybridized carbons (Fsp3) is 0.250. The van der Waals surface area contributed by atoms with Crippen LogP contribution in [0.4, 0.5) is 10.5 Å². The maximum Gasteiger partial charge on any atom is 0.321 e. The third-order valence-electron chi connectivity index (χ3n) is 4.44. The van der Waals surface area contributed by atoms with Crippen molar-refractivity contribution in [2.45, 2.75) is 0 Å². The van der Waals surface area contributed by atoms with E-state index < -0.39 is 0 Å². The van der Waals surface area contributed by atoms with Crippen LogP contribution in [0.3, 0.4) is 0 Å². The molecule has 1 heterocycles. The molecule has 0 radical (unpaired) electrons. The van der Waals surface area contributed by atoms with E-state index in [9.17, 15) is 9.59 Å². The first kappa shape index (κ1) is 18.3. The molecule has 0 aromatic heterocycles. The van der Waals surface area contributed by atoms with E-state index in [-0.39, 0.29) is 11.9 Å². The van der Waals surface area contributed by atoms with Gasteiger partial charge in [0, 0.05) is 37.4 Å². The van der Waals surface area contributed by atoms with Crippen molar-refractivity contribution in [1.82, 2.24) is 9.80 Å². The Morgan fingerprint density at radius 2 is 1.70 bits per heavy atom. The first-order valence-corrected chi connectivity index (χ1v) is 8.60. The summed E-state index contributed by atoms with van der Waals surface area (Å²) in [7, 11) is 1.56. The van der Waals surface area contributed by atoms with E-state index in [1.165, 1.54) is 0 Å². The lowest BCUT2D eigenvalue weighted by Gasteiger charge is -2.34. The summed E-state index contributed by atoms with van der Waals surface area (Å²) in [5, 5.41) is 11.6. The van der Waals surface area contributed by atoms with Crippen LogP contribution >= 0.6 is 0 Å². The highest BCUT2D eigenvalue weighted by Gasteiger charge is 2.25. The molecule has 1 aliphatic heterocycles. The van der Waals surface area contributed by atoms with Gasteiger partial charge < -0.3 is 19.9 Å². The van der Waals surface area contributed by atoms with Crippen molar-refractivity contribution in [3.63, 3.8) is 0 Å². The van der Waals surface area contributed by atoms with E-state index >= 15 is 0 Å². The number of nitriles is 1. The third kappa shape index (κ3) is 4.36. The van der Waals surface area contributed by atoms with Gasteiger partial charge in [-0.15, -0.1) is 0 Å². The Balaban J connectivity index is 1.55. The van der Waals surface area contributed by atoms with Gasteiger partial charge in [-0.05, 0) is 42.5 Å². The van der Waals surface area contributed by atoms with Crippen LogP contribution in [0.1, 0.15) is 15.9 Å². The number of nitrogens with one attached hydrogen (secondary N) is 1. The van der Waals surface area contributed by atoms with Crippen LogP contribution in [-0.2, 0) is 0 Å². The van der Waals surface area contributed by atoms with Gasteiger partial charge in [-0.3, -0.25) is 4.79 Å². The maximum atomic E-state index is 12.6. The Morgan fingerprint density at radius 1 is 1.04 bits per heavy atom. The van der Waals surface area contributed by atoms with Gasteiger partial charge in [0.05, 0.1) is 18.7 Å². The highest BCUT2D eigenvalue weighted by Crippen LogP contribution is 2.16. The summed E-state index contributed by atoms with van der Waals surface area (Å²) in [5.41, 5.74) is 1.75. The van der Waals surface area contributed by atoms with Gasteiger partial charge in [0.25, 0.3) is 5.91 Å². The van der Waals surface area contributed by atoms with Crippen molar-refractivity contribution >= 4 is 17.6 Å². The van der Waals surface area contributed by atoms with E-state index in [1.54, 1.807) is 65.4 Å². The number of piperazine rings is 1.